The first kappa shape index (κ1) is 10.9. The van der Waals surface area contributed by atoms with E-state index in [0.29, 0.717) is 13.2 Å². The summed E-state index contributed by atoms with van der Waals surface area (Å²) in [5, 5.41) is 0. The Labute approximate surface area is 94.8 Å². The summed E-state index contributed by atoms with van der Waals surface area (Å²) in [6.07, 6.45) is 3.59. The van der Waals surface area contributed by atoms with Crippen LogP contribution in [0, 0.1) is 0 Å². The molecule has 0 aliphatic rings. The van der Waals surface area contributed by atoms with Gasteiger partial charge >= 0.3 is 0 Å². The molecule has 84 valence electrons. The van der Waals surface area contributed by atoms with Gasteiger partial charge in [-0.15, -0.1) is 0 Å². The molecule has 0 amide bonds. The summed E-state index contributed by atoms with van der Waals surface area (Å²) in [5.74, 6) is 0. The molecule has 2 aromatic rings. The summed E-state index contributed by atoms with van der Waals surface area (Å²) in [7, 11) is 1.96. The van der Waals surface area contributed by atoms with Gasteiger partial charge in [-0.25, -0.2) is 4.98 Å². The van der Waals surface area contributed by atoms with Crippen molar-refractivity contribution >= 4 is 0 Å². The van der Waals surface area contributed by atoms with Gasteiger partial charge in [0.25, 0.3) is 0 Å². The van der Waals surface area contributed by atoms with E-state index in [0.717, 1.165) is 11.3 Å². The van der Waals surface area contributed by atoms with E-state index in [9.17, 15) is 0 Å². The zero-order valence-corrected chi connectivity index (χ0v) is 9.26. The Morgan fingerprint density at radius 2 is 2.12 bits per heavy atom. The molecule has 0 spiro atoms. The maximum Gasteiger partial charge on any atom is 0.0945 e. The van der Waals surface area contributed by atoms with Gasteiger partial charge in [0.15, 0.2) is 0 Å². The van der Waals surface area contributed by atoms with Gasteiger partial charge < -0.3 is 4.57 Å². The number of hydrogen-bond acceptors (Lipinski definition) is 3. The minimum absolute atomic E-state index is 0.568. The summed E-state index contributed by atoms with van der Waals surface area (Å²) in [6, 6.07) is 10.1. The predicted molar refractivity (Wildman–Crippen MR) is 61.3 cm³/mol. The number of nitrogens with zero attached hydrogens (tertiary/aromatic N) is 2. The van der Waals surface area contributed by atoms with Crippen LogP contribution in [0.1, 0.15) is 11.3 Å². The lowest BCUT2D eigenvalue weighted by Crippen LogP contribution is -2.15. The van der Waals surface area contributed by atoms with Gasteiger partial charge in [-0.3, -0.25) is 4.84 Å². The Morgan fingerprint density at radius 1 is 1.31 bits per heavy atom. The first-order valence-corrected chi connectivity index (χ1v) is 5.20. The van der Waals surface area contributed by atoms with Crippen LogP contribution in [-0.2, 0) is 25.0 Å². The van der Waals surface area contributed by atoms with Crippen molar-refractivity contribution in [3.05, 3.63) is 54.1 Å². The van der Waals surface area contributed by atoms with Gasteiger partial charge in [0.1, 0.15) is 0 Å². The van der Waals surface area contributed by atoms with Crippen LogP contribution in [0.2, 0.25) is 0 Å². The van der Waals surface area contributed by atoms with Crippen molar-refractivity contribution in [2.75, 3.05) is 0 Å². The number of rotatable bonds is 5. The number of benzene rings is 1. The van der Waals surface area contributed by atoms with Gasteiger partial charge in [-0.1, -0.05) is 30.3 Å². The first-order valence-electron chi connectivity index (χ1n) is 5.20. The largest absolute Gasteiger partial charge is 0.336 e. The van der Waals surface area contributed by atoms with Crippen molar-refractivity contribution in [2.24, 2.45) is 7.05 Å². The Bertz CT molecular complexity index is 425. The summed E-state index contributed by atoms with van der Waals surface area (Å²) < 4.78 is 1.96. The smallest absolute Gasteiger partial charge is 0.0945 e. The fourth-order valence-corrected chi connectivity index (χ4v) is 1.39. The molecule has 0 atom stereocenters. The quantitative estimate of drug-likeness (QED) is 0.611. The zero-order valence-electron chi connectivity index (χ0n) is 9.26. The molecule has 0 aliphatic heterocycles. The van der Waals surface area contributed by atoms with Crippen molar-refractivity contribution < 1.29 is 4.84 Å². The van der Waals surface area contributed by atoms with Crippen molar-refractivity contribution in [1.82, 2.24) is 15.0 Å². The van der Waals surface area contributed by atoms with Gasteiger partial charge in [0.05, 0.1) is 25.2 Å². The van der Waals surface area contributed by atoms with E-state index < -0.39 is 0 Å². The van der Waals surface area contributed by atoms with Crippen LogP contribution in [0.5, 0.6) is 0 Å². The molecule has 0 saturated carbocycles. The first-order chi connectivity index (χ1) is 7.86. The van der Waals surface area contributed by atoms with E-state index in [1.54, 1.807) is 6.33 Å². The highest BCUT2D eigenvalue weighted by atomic mass is 16.6. The zero-order chi connectivity index (χ0) is 11.2. The van der Waals surface area contributed by atoms with Crippen LogP contribution in [0.25, 0.3) is 0 Å². The molecule has 1 aromatic carbocycles. The van der Waals surface area contributed by atoms with Gasteiger partial charge in [0, 0.05) is 13.2 Å². The standard InChI is InChI=1S/C12H15N3O/c1-15-10-13-7-12(15)8-14-16-9-11-5-3-2-4-6-11/h2-7,10,14H,8-9H2,1H3. The van der Waals surface area contributed by atoms with E-state index >= 15 is 0 Å². The Kier molecular flexibility index (Phi) is 3.69. The minimum atomic E-state index is 0.568. The second-order valence-corrected chi connectivity index (χ2v) is 3.59. The fourth-order valence-electron chi connectivity index (χ4n) is 1.39. The average Bonchev–Trinajstić information content (AvgIpc) is 2.72. The molecule has 0 radical (unpaired) electrons. The molecule has 0 fully saturated rings. The van der Waals surface area contributed by atoms with Gasteiger partial charge in [-0.2, -0.15) is 5.48 Å². The van der Waals surface area contributed by atoms with E-state index in [1.807, 2.05) is 48.1 Å². The van der Waals surface area contributed by atoms with Crippen molar-refractivity contribution in [2.45, 2.75) is 13.2 Å². The van der Waals surface area contributed by atoms with Gasteiger partial charge in [0.2, 0.25) is 0 Å². The van der Waals surface area contributed by atoms with E-state index in [1.165, 1.54) is 0 Å². The third kappa shape index (κ3) is 2.92. The molecule has 0 saturated heterocycles. The fraction of sp³-hybridized carbons (Fsp3) is 0.250. The lowest BCUT2D eigenvalue weighted by atomic mass is 10.2. The van der Waals surface area contributed by atoms with Crippen LogP contribution in [-0.4, -0.2) is 9.55 Å². The molecule has 4 heteroatoms. The molecular weight excluding hydrogens is 202 g/mol. The van der Waals surface area contributed by atoms with E-state index in [-0.39, 0.29) is 0 Å². The van der Waals surface area contributed by atoms with Gasteiger partial charge in [-0.05, 0) is 5.56 Å². The average molecular weight is 217 g/mol. The molecule has 4 nitrogen and oxygen atoms in total. The summed E-state index contributed by atoms with van der Waals surface area (Å²) >= 11 is 0. The predicted octanol–water partition coefficient (Wildman–Crippen LogP) is 1.64. The molecular formula is C12H15N3O. The SMILES string of the molecule is Cn1cncc1CNOCc1ccccc1. The molecule has 0 bridgehead atoms. The van der Waals surface area contributed by atoms with Crippen molar-refractivity contribution in [3.63, 3.8) is 0 Å². The molecule has 0 unspecified atom stereocenters. The highest BCUT2D eigenvalue weighted by Crippen LogP contribution is 2.00. The van der Waals surface area contributed by atoms with Crippen LogP contribution < -0.4 is 5.48 Å². The number of hydroxylamine groups is 1. The maximum atomic E-state index is 5.36. The van der Waals surface area contributed by atoms with Crippen molar-refractivity contribution in [3.8, 4) is 0 Å². The van der Waals surface area contributed by atoms with E-state index in [2.05, 4.69) is 10.5 Å². The third-order valence-corrected chi connectivity index (χ3v) is 2.35. The second kappa shape index (κ2) is 5.44. The molecule has 1 heterocycles. The third-order valence-electron chi connectivity index (χ3n) is 2.35. The van der Waals surface area contributed by atoms with Crippen LogP contribution in [0.3, 0.4) is 0 Å². The number of aryl methyl sites for hydroxylation is 1. The highest BCUT2D eigenvalue weighted by Gasteiger charge is 1.97. The topological polar surface area (TPSA) is 39.1 Å². The molecule has 16 heavy (non-hydrogen) atoms. The Balaban J connectivity index is 1.72. The highest BCUT2D eigenvalue weighted by molar-refractivity contribution is 5.13. The number of imidazole rings is 1. The minimum Gasteiger partial charge on any atom is -0.336 e. The van der Waals surface area contributed by atoms with Crippen LogP contribution in [0.15, 0.2) is 42.9 Å². The summed E-state index contributed by atoms with van der Waals surface area (Å²) in [4.78, 5) is 9.38. The molecule has 2 rings (SSSR count). The lowest BCUT2D eigenvalue weighted by Gasteiger charge is -2.06. The van der Waals surface area contributed by atoms with Crippen molar-refractivity contribution in [1.29, 1.82) is 0 Å². The maximum absolute atomic E-state index is 5.36. The number of aromatic nitrogens is 2. The normalized spacial score (nSPS) is 10.6. The molecule has 1 N–H and O–H groups in total. The Hall–Kier alpha value is -1.65. The molecule has 0 aliphatic carbocycles. The molecule has 1 aromatic heterocycles. The summed E-state index contributed by atoms with van der Waals surface area (Å²) in [5.41, 5.74) is 5.16. The Morgan fingerprint density at radius 3 is 2.81 bits per heavy atom. The van der Waals surface area contributed by atoms with Crippen LogP contribution in [0.4, 0.5) is 0 Å². The number of hydrogen-bond donors (Lipinski definition) is 1. The monoisotopic (exact) mass is 217 g/mol. The van der Waals surface area contributed by atoms with Crippen LogP contribution >= 0.6 is 0 Å². The summed E-state index contributed by atoms with van der Waals surface area (Å²) in [6.45, 7) is 1.22. The number of nitrogens with one attached hydrogen (secondary N) is 1. The second-order valence-electron chi connectivity index (χ2n) is 3.59. The van der Waals surface area contributed by atoms with E-state index in [4.69, 9.17) is 4.84 Å². The lowest BCUT2D eigenvalue weighted by molar-refractivity contribution is 0.0224.